The van der Waals surface area contributed by atoms with Gasteiger partial charge in [-0.15, -0.1) is 0 Å². The first-order valence-electron chi connectivity index (χ1n) is 6.25. The maximum Gasteiger partial charge on any atom is 0.268 e. The van der Waals surface area contributed by atoms with Gasteiger partial charge in [-0.1, -0.05) is 6.07 Å². The summed E-state index contributed by atoms with van der Waals surface area (Å²) >= 11 is 0. The van der Waals surface area contributed by atoms with Gasteiger partial charge in [0.15, 0.2) is 5.78 Å². The third-order valence-electron chi connectivity index (χ3n) is 3.31. The SMILES string of the molecule is Cc1ccc(NC(=O)C(=C=N)C(=O)C2CC2)cc1C. The quantitative estimate of drug-likeness (QED) is 0.376. The first kappa shape index (κ1) is 13.2. The van der Waals surface area contributed by atoms with E-state index in [0.29, 0.717) is 5.69 Å². The van der Waals surface area contributed by atoms with E-state index in [1.165, 1.54) is 0 Å². The van der Waals surface area contributed by atoms with Crippen molar-refractivity contribution in [3.63, 3.8) is 0 Å². The van der Waals surface area contributed by atoms with E-state index < -0.39 is 5.91 Å². The number of anilines is 1. The molecule has 0 heterocycles. The molecule has 2 rings (SSSR count). The fraction of sp³-hybridized carbons (Fsp3) is 0.333. The summed E-state index contributed by atoms with van der Waals surface area (Å²) in [5.41, 5.74) is 2.65. The van der Waals surface area contributed by atoms with Crippen LogP contribution in [0.2, 0.25) is 0 Å². The summed E-state index contributed by atoms with van der Waals surface area (Å²) < 4.78 is 0. The molecule has 19 heavy (non-hydrogen) atoms. The van der Waals surface area contributed by atoms with Crippen LogP contribution in [0.5, 0.6) is 0 Å². The van der Waals surface area contributed by atoms with Gasteiger partial charge in [0.2, 0.25) is 0 Å². The van der Waals surface area contributed by atoms with Crippen molar-refractivity contribution in [2.75, 3.05) is 5.32 Å². The lowest BCUT2D eigenvalue weighted by Crippen LogP contribution is -2.22. The summed E-state index contributed by atoms with van der Waals surface area (Å²) in [6, 6.07) is 5.53. The van der Waals surface area contributed by atoms with Gasteiger partial charge in [-0.05, 0) is 55.8 Å². The van der Waals surface area contributed by atoms with Crippen LogP contribution in [-0.2, 0) is 9.59 Å². The standard InChI is InChI=1S/C15H16N2O2/c1-9-3-6-12(7-10(9)2)17-15(19)13(8-16)14(18)11-4-5-11/h3,6-7,11,16H,4-5H2,1-2H3,(H,17,19). The largest absolute Gasteiger partial charge is 0.321 e. The number of hydrogen-bond acceptors (Lipinski definition) is 3. The van der Waals surface area contributed by atoms with Crippen molar-refractivity contribution in [3.05, 3.63) is 34.9 Å². The maximum atomic E-state index is 12.0. The topological polar surface area (TPSA) is 70.0 Å². The molecule has 2 N–H and O–H groups in total. The van der Waals surface area contributed by atoms with Crippen molar-refractivity contribution in [2.45, 2.75) is 26.7 Å². The Morgan fingerprint density at radius 1 is 1.26 bits per heavy atom. The number of aryl methyl sites for hydroxylation is 2. The molecule has 0 atom stereocenters. The molecule has 4 nitrogen and oxygen atoms in total. The first-order chi connectivity index (χ1) is 9.02. The molecule has 0 aromatic heterocycles. The number of Topliss-reactive ketones (excluding diaryl/α,β-unsaturated/α-hetero) is 1. The molecular weight excluding hydrogens is 240 g/mol. The second kappa shape index (κ2) is 5.21. The zero-order valence-corrected chi connectivity index (χ0v) is 11.0. The first-order valence-corrected chi connectivity index (χ1v) is 6.25. The number of hydrogen-bond donors (Lipinski definition) is 2. The summed E-state index contributed by atoms with van der Waals surface area (Å²) in [7, 11) is 0. The Labute approximate surface area is 112 Å². The Hall–Kier alpha value is -2.19. The highest BCUT2D eigenvalue weighted by Crippen LogP contribution is 2.32. The van der Waals surface area contributed by atoms with Crippen LogP contribution in [-0.4, -0.2) is 17.6 Å². The van der Waals surface area contributed by atoms with Crippen LogP contribution in [0.4, 0.5) is 5.69 Å². The molecule has 1 fully saturated rings. The van der Waals surface area contributed by atoms with E-state index in [-0.39, 0.29) is 17.3 Å². The van der Waals surface area contributed by atoms with Crippen molar-refractivity contribution in [2.24, 2.45) is 5.92 Å². The number of nitrogens with one attached hydrogen (secondary N) is 2. The molecule has 0 aliphatic heterocycles. The molecule has 1 amide bonds. The van der Waals surface area contributed by atoms with Crippen LogP contribution >= 0.6 is 0 Å². The number of amides is 1. The molecule has 0 bridgehead atoms. The zero-order chi connectivity index (χ0) is 14.0. The van der Waals surface area contributed by atoms with E-state index in [0.717, 1.165) is 24.0 Å². The predicted molar refractivity (Wildman–Crippen MR) is 73.5 cm³/mol. The van der Waals surface area contributed by atoms with E-state index >= 15 is 0 Å². The Morgan fingerprint density at radius 2 is 1.95 bits per heavy atom. The van der Waals surface area contributed by atoms with Gasteiger partial charge in [0.05, 0.1) is 0 Å². The highest BCUT2D eigenvalue weighted by molar-refractivity contribution is 6.29. The second-order valence-corrected chi connectivity index (χ2v) is 4.89. The van der Waals surface area contributed by atoms with Crippen LogP contribution in [0.25, 0.3) is 0 Å². The number of carbonyl (C=O) groups is 2. The van der Waals surface area contributed by atoms with E-state index in [2.05, 4.69) is 5.32 Å². The monoisotopic (exact) mass is 256 g/mol. The molecule has 98 valence electrons. The molecule has 1 aromatic rings. The molecule has 0 radical (unpaired) electrons. The Balaban J connectivity index is 2.13. The normalized spacial score (nSPS) is 13.6. The van der Waals surface area contributed by atoms with Crippen LogP contribution in [0, 0.1) is 25.2 Å². The lowest BCUT2D eigenvalue weighted by Gasteiger charge is -2.08. The number of carbonyl (C=O) groups excluding carboxylic acids is 2. The summed E-state index contributed by atoms with van der Waals surface area (Å²) in [6.45, 7) is 3.94. The van der Waals surface area contributed by atoms with Crippen LogP contribution in [0.1, 0.15) is 24.0 Å². The van der Waals surface area contributed by atoms with E-state index in [9.17, 15) is 9.59 Å². The van der Waals surface area contributed by atoms with E-state index in [1.807, 2.05) is 31.9 Å². The zero-order valence-electron chi connectivity index (χ0n) is 11.0. The molecule has 1 aliphatic rings. The molecule has 4 heteroatoms. The van der Waals surface area contributed by atoms with Crippen molar-refractivity contribution in [1.29, 1.82) is 5.41 Å². The minimum Gasteiger partial charge on any atom is -0.321 e. The van der Waals surface area contributed by atoms with Gasteiger partial charge in [-0.3, -0.25) is 15.0 Å². The molecule has 0 unspecified atom stereocenters. The molecule has 0 spiro atoms. The molecule has 1 aromatic carbocycles. The molecule has 0 saturated heterocycles. The van der Waals surface area contributed by atoms with Gasteiger partial charge in [0.1, 0.15) is 5.57 Å². The van der Waals surface area contributed by atoms with Crippen LogP contribution in [0.15, 0.2) is 23.8 Å². The second-order valence-electron chi connectivity index (χ2n) is 4.89. The average Bonchev–Trinajstić information content (AvgIpc) is 3.18. The third-order valence-corrected chi connectivity index (χ3v) is 3.31. The maximum absolute atomic E-state index is 12.0. The van der Waals surface area contributed by atoms with Gasteiger partial charge >= 0.3 is 0 Å². The van der Waals surface area contributed by atoms with Gasteiger partial charge < -0.3 is 5.32 Å². The van der Waals surface area contributed by atoms with Gasteiger partial charge in [0.25, 0.3) is 5.91 Å². The third kappa shape index (κ3) is 2.98. The van der Waals surface area contributed by atoms with Crippen molar-refractivity contribution >= 4 is 23.2 Å². The number of rotatable bonds is 4. The minimum absolute atomic E-state index is 0.0849. The van der Waals surface area contributed by atoms with Crippen molar-refractivity contribution in [3.8, 4) is 0 Å². The average molecular weight is 256 g/mol. The van der Waals surface area contributed by atoms with Crippen molar-refractivity contribution < 1.29 is 9.59 Å². The summed E-state index contributed by atoms with van der Waals surface area (Å²) in [6.07, 6.45) is 1.61. The molecule has 1 saturated carbocycles. The number of benzene rings is 1. The Morgan fingerprint density at radius 3 is 2.47 bits per heavy atom. The van der Waals surface area contributed by atoms with Gasteiger partial charge in [0, 0.05) is 11.6 Å². The fourth-order valence-corrected chi connectivity index (χ4v) is 1.79. The van der Waals surface area contributed by atoms with Gasteiger partial charge in [-0.2, -0.15) is 0 Å². The lowest BCUT2D eigenvalue weighted by molar-refractivity contribution is -0.120. The van der Waals surface area contributed by atoms with Gasteiger partial charge in [-0.25, -0.2) is 0 Å². The predicted octanol–water partition coefficient (Wildman–Crippen LogP) is 2.40. The summed E-state index contributed by atoms with van der Waals surface area (Å²) in [5.74, 6) is 1.08. The van der Waals surface area contributed by atoms with Crippen LogP contribution < -0.4 is 5.32 Å². The highest BCUT2D eigenvalue weighted by atomic mass is 16.2. The smallest absolute Gasteiger partial charge is 0.268 e. The van der Waals surface area contributed by atoms with E-state index in [4.69, 9.17) is 5.41 Å². The summed E-state index contributed by atoms with van der Waals surface area (Å²) in [4.78, 5) is 23.8. The lowest BCUT2D eigenvalue weighted by atomic mass is 10.1. The summed E-state index contributed by atoms with van der Waals surface area (Å²) in [5, 5.41) is 9.76. The minimum atomic E-state index is -0.546. The Bertz CT molecular complexity index is 594. The Kier molecular flexibility index (Phi) is 3.63. The molecular formula is C15H16N2O2. The van der Waals surface area contributed by atoms with Crippen molar-refractivity contribution in [1.82, 2.24) is 0 Å². The number of ketones is 1. The van der Waals surface area contributed by atoms with E-state index in [1.54, 1.807) is 6.07 Å². The fourth-order valence-electron chi connectivity index (χ4n) is 1.79. The van der Waals surface area contributed by atoms with Crippen LogP contribution in [0.3, 0.4) is 0 Å². The highest BCUT2D eigenvalue weighted by Gasteiger charge is 2.34. The molecule has 1 aliphatic carbocycles.